The molecule has 72 valence electrons. The van der Waals surface area contributed by atoms with Gasteiger partial charge in [0.1, 0.15) is 0 Å². The second-order valence-electron chi connectivity index (χ2n) is 4.09. The van der Waals surface area contributed by atoms with Crippen molar-refractivity contribution in [2.24, 2.45) is 11.8 Å². The summed E-state index contributed by atoms with van der Waals surface area (Å²) in [5, 5.41) is 0. The molecule has 12 heavy (non-hydrogen) atoms. The Labute approximate surface area is 77.1 Å². The SMILES string of the molecule is CCC1CN(CC)C(CC)C1C. The monoisotopic (exact) mass is 169 g/mol. The van der Waals surface area contributed by atoms with Crippen LogP contribution in [-0.2, 0) is 0 Å². The highest BCUT2D eigenvalue weighted by Crippen LogP contribution is 2.32. The molecule has 1 aliphatic rings. The lowest BCUT2D eigenvalue weighted by Crippen LogP contribution is -2.31. The summed E-state index contributed by atoms with van der Waals surface area (Å²) in [4.78, 5) is 2.65. The summed E-state index contributed by atoms with van der Waals surface area (Å²) >= 11 is 0. The van der Waals surface area contributed by atoms with Gasteiger partial charge in [0.2, 0.25) is 0 Å². The molecule has 3 atom stereocenters. The summed E-state index contributed by atoms with van der Waals surface area (Å²) < 4.78 is 0. The van der Waals surface area contributed by atoms with Crippen LogP contribution in [0.25, 0.3) is 0 Å². The Bertz CT molecular complexity index is 131. The zero-order valence-corrected chi connectivity index (χ0v) is 9.01. The van der Waals surface area contributed by atoms with Crippen LogP contribution in [-0.4, -0.2) is 24.0 Å². The highest BCUT2D eigenvalue weighted by molar-refractivity contribution is 4.88. The van der Waals surface area contributed by atoms with E-state index < -0.39 is 0 Å². The van der Waals surface area contributed by atoms with E-state index in [9.17, 15) is 0 Å². The third-order valence-electron chi connectivity index (χ3n) is 3.64. The van der Waals surface area contributed by atoms with Crippen LogP contribution in [0.5, 0.6) is 0 Å². The topological polar surface area (TPSA) is 3.24 Å². The minimum absolute atomic E-state index is 0.861. The van der Waals surface area contributed by atoms with Crippen LogP contribution in [0.3, 0.4) is 0 Å². The molecule has 0 aromatic carbocycles. The lowest BCUT2D eigenvalue weighted by atomic mass is 9.89. The summed E-state index contributed by atoms with van der Waals surface area (Å²) in [6, 6.07) is 0.861. The second kappa shape index (κ2) is 4.27. The Morgan fingerprint density at radius 2 is 1.83 bits per heavy atom. The molecular formula is C11H23N. The lowest BCUT2D eigenvalue weighted by molar-refractivity contribution is 0.236. The highest BCUT2D eigenvalue weighted by Gasteiger charge is 2.35. The normalized spacial score (nSPS) is 37.5. The standard InChI is InChI=1S/C11H23N/c1-5-10-8-12(7-3)11(6-2)9(10)4/h9-11H,5-8H2,1-4H3. The van der Waals surface area contributed by atoms with E-state index in [2.05, 4.69) is 32.6 Å². The quantitative estimate of drug-likeness (QED) is 0.628. The molecule has 3 unspecified atom stereocenters. The molecular weight excluding hydrogens is 146 g/mol. The molecule has 0 aliphatic carbocycles. The minimum Gasteiger partial charge on any atom is -0.300 e. The zero-order chi connectivity index (χ0) is 9.14. The van der Waals surface area contributed by atoms with E-state index in [-0.39, 0.29) is 0 Å². The van der Waals surface area contributed by atoms with Gasteiger partial charge in [-0.25, -0.2) is 0 Å². The van der Waals surface area contributed by atoms with Gasteiger partial charge in [-0.3, -0.25) is 0 Å². The van der Waals surface area contributed by atoms with Gasteiger partial charge in [-0.1, -0.05) is 34.1 Å². The van der Waals surface area contributed by atoms with Gasteiger partial charge in [-0.15, -0.1) is 0 Å². The molecule has 0 bridgehead atoms. The molecule has 1 heterocycles. The van der Waals surface area contributed by atoms with Crippen LogP contribution in [0.15, 0.2) is 0 Å². The first-order chi connectivity index (χ1) is 5.74. The summed E-state index contributed by atoms with van der Waals surface area (Å²) in [5.41, 5.74) is 0. The van der Waals surface area contributed by atoms with Crippen molar-refractivity contribution < 1.29 is 0 Å². The van der Waals surface area contributed by atoms with Crippen LogP contribution in [0.4, 0.5) is 0 Å². The third-order valence-corrected chi connectivity index (χ3v) is 3.64. The van der Waals surface area contributed by atoms with E-state index in [0.717, 1.165) is 17.9 Å². The van der Waals surface area contributed by atoms with Crippen LogP contribution in [0.2, 0.25) is 0 Å². The van der Waals surface area contributed by atoms with Gasteiger partial charge in [0.05, 0.1) is 0 Å². The van der Waals surface area contributed by atoms with Crippen molar-refractivity contribution in [1.29, 1.82) is 0 Å². The maximum atomic E-state index is 2.65. The fraction of sp³-hybridized carbons (Fsp3) is 1.00. The first kappa shape index (κ1) is 10.0. The predicted octanol–water partition coefficient (Wildman–Crippen LogP) is 2.76. The van der Waals surface area contributed by atoms with E-state index >= 15 is 0 Å². The minimum atomic E-state index is 0.861. The van der Waals surface area contributed by atoms with Crippen molar-refractivity contribution >= 4 is 0 Å². The average Bonchev–Trinajstić information content (AvgIpc) is 2.41. The Balaban J connectivity index is 2.58. The number of nitrogens with zero attached hydrogens (tertiary/aromatic N) is 1. The van der Waals surface area contributed by atoms with Crippen molar-refractivity contribution in [3.8, 4) is 0 Å². The second-order valence-corrected chi connectivity index (χ2v) is 4.09. The van der Waals surface area contributed by atoms with E-state index in [4.69, 9.17) is 0 Å². The Morgan fingerprint density at radius 1 is 1.17 bits per heavy atom. The Morgan fingerprint density at radius 3 is 2.17 bits per heavy atom. The number of rotatable bonds is 3. The van der Waals surface area contributed by atoms with Crippen molar-refractivity contribution in [3.63, 3.8) is 0 Å². The summed E-state index contributed by atoms with van der Waals surface area (Å²) in [5.74, 6) is 1.87. The van der Waals surface area contributed by atoms with Gasteiger partial charge in [0, 0.05) is 12.6 Å². The molecule has 0 N–H and O–H groups in total. The Kier molecular flexibility index (Phi) is 3.57. The fourth-order valence-corrected chi connectivity index (χ4v) is 2.74. The molecule has 1 saturated heterocycles. The van der Waals surface area contributed by atoms with Gasteiger partial charge < -0.3 is 4.90 Å². The molecule has 0 aromatic rings. The molecule has 1 aliphatic heterocycles. The number of hydrogen-bond donors (Lipinski definition) is 0. The first-order valence-corrected chi connectivity index (χ1v) is 5.48. The van der Waals surface area contributed by atoms with E-state index in [0.29, 0.717) is 0 Å². The molecule has 1 rings (SSSR count). The van der Waals surface area contributed by atoms with Crippen molar-refractivity contribution in [2.45, 2.75) is 46.6 Å². The molecule has 0 aromatic heterocycles. The van der Waals surface area contributed by atoms with Crippen molar-refractivity contribution in [2.75, 3.05) is 13.1 Å². The van der Waals surface area contributed by atoms with E-state index in [1.165, 1.54) is 25.9 Å². The fourth-order valence-electron chi connectivity index (χ4n) is 2.74. The summed E-state index contributed by atoms with van der Waals surface area (Å²) in [6.45, 7) is 11.9. The van der Waals surface area contributed by atoms with Gasteiger partial charge in [0.15, 0.2) is 0 Å². The van der Waals surface area contributed by atoms with Crippen LogP contribution in [0, 0.1) is 11.8 Å². The summed E-state index contributed by atoms with van der Waals surface area (Å²) in [7, 11) is 0. The number of hydrogen-bond acceptors (Lipinski definition) is 1. The van der Waals surface area contributed by atoms with Crippen LogP contribution >= 0.6 is 0 Å². The molecule has 1 fully saturated rings. The third kappa shape index (κ3) is 1.66. The molecule has 0 spiro atoms. The largest absolute Gasteiger partial charge is 0.300 e. The zero-order valence-electron chi connectivity index (χ0n) is 9.01. The van der Waals surface area contributed by atoms with Gasteiger partial charge in [0.25, 0.3) is 0 Å². The number of likely N-dealkylation sites (tertiary alicyclic amines) is 1. The van der Waals surface area contributed by atoms with Crippen molar-refractivity contribution in [3.05, 3.63) is 0 Å². The maximum absolute atomic E-state index is 2.65. The lowest BCUT2D eigenvalue weighted by Gasteiger charge is -2.23. The summed E-state index contributed by atoms with van der Waals surface area (Å²) in [6.07, 6.45) is 2.68. The molecule has 1 heteroatoms. The highest BCUT2D eigenvalue weighted by atomic mass is 15.2. The van der Waals surface area contributed by atoms with E-state index in [1.54, 1.807) is 0 Å². The molecule has 0 radical (unpaired) electrons. The van der Waals surface area contributed by atoms with Crippen molar-refractivity contribution in [1.82, 2.24) is 4.90 Å². The molecule has 0 amide bonds. The van der Waals surface area contributed by atoms with Gasteiger partial charge in [-0.2, -0.15) is 0 Å². The maximum Gasteiger partial charge on any atom is 0.0121 e. The smallest absolute Gasteiger partial charge is 0.0121 e. The van der Waals surface area contributed by atoms with Gasteiger partial charge in [-0.05, 0) is 24.8 Å². The van der Waals surface area contributed by atoms with E-state index in [1.807, 2.05) is 0 Å². The first-order valence-electron chi connectivity index (χ1n) is 5.48. The Hall–Kier alpha value is -0.0400. The molecule has 0 saturated carbocycles. The molecule has 1 nitrogen and oxygen atoms in total. The van der Waals surface area contributed by atoms with Crippen LogP contribution < -0.4 is 0 Å². The van der Waals surface area contributed by atoms with Crippen LogP contribution in [0.1, 0.15) is 40.5 Å². The predicted molar refractivity (Wildman–Crippen MR) is 54.3 cm³/mol. The van der Waals surface area contributed by atoms with Gasteiger partial charge >= 0.3 is 0 Å². The average molecular weight is 169 g/mol.